The van der Waals surface area contributed by atoms with Crippen molar-refractivity contribution in [3.05, 3.63) is 69.6 Å². The van der Waals surface area contributed by atoms with Gasteiger partial charge in [0.05, 0.1) is 0 Å². The maximum Gasteiger partial charge on any atom is 0.253 e. The van der Waals surface area contributed by atoms with E-state index in [-0.39, 0.29) is 11.5 Å². The first kappa shape index (κ1) is 18.9. The van der Waals surface area contributed by atoms with Gasteiger partial charge in [-0.05, 0) is 80.3 Å². The normalized spacial score (nSPS) is 20.4. The van der Waals surface area contributed by atoms with E-state index in [0.29, 0.717) is 5.92 Å². The summed E-state index contributed by atoms with van der Waals surface area (Å²) in [4.78, 5) is 28.7. The summed E-state index contributed by atoms with van der Waals surface area (Å²) < 4.78 is 0. The summed E-state index contributed by atoms with van der Waals surface area (Å²) in [5.74, 6) is 1.44. The molecule has 5 nitrogen and oxygen atoms in total. The minimum Gasteiger partial charge on any atom is -0.339 e. The molecule has 1 atom stereocenters. The van der Waals surface area contributed by atoms with Crippen LogP contribution in [0.5, 0.6) is 0 Å². The molecular weight excluding hydrogens is 350 g/mol. The number of aromatic amines is 1. The fraction of sp³-hybridized carbons (Fsp3) is 0.478. The van der Waals surface area contributed by atoms with Gasteiger partial charge in [0.1, 0.15) is 0 Å². The maximum absolute atomic E-state index is 12.8. The van der Waals surface area contributed by atoms with Gasteiger partial charge in [-0.1, -0.05) is 18.2 Å². The highest BCUT2D eigenvalue weighted by molar-refractivity contribution is 5.94. The van der Waals surface area contributed by atoms with Crippen LogP contribution in [-0.2, 0) is 12.8 Å². The second-order valence-corrected chi connectivity index (χ2v) is 8.26. The molecular formula is C23H29N3O2. The van der Waals surface area contributed by atoms with Crippen molar-refractivity contribution in [2.24, 2.45) is 11.8 Å². The predicted molar refractivity (Wildman–Crippen MR) is 111 cm³/mol. The zero-order valence-electron chi connectivity index (χ0n) is 16.3. The van der Waals surface area contributed by atoms with Crippen molar-refractivity contribution in [3.63, 3.8) is 0 Å². The number of likely N-dealkylation sites (tertiary alicyclic amines) is 1. The van der Waals surface area contributed by atoms with Gasteiger partial charge in [0.15, 0.2) is 0 Å². The van der Waals surface area contributed by atoms with Crippen LogP contribution in [0.4, 0.5) is 0 Å². The number of nitrogens with zero attached hydrogens (tertiary/aromatic N) is 1. The Labute approximate surface area is 166 Å². The zero-order chi connectivity index (χ0) is 19.3. The van der Waals surface area contributed by atoms with Gasteiger partial charge in [-0.15, -0.1) is 0 Å². The summed E-state index contributed by atoms with van der Waals surface area (Å²) >= 11 is 0. The number of rotatable bonds is 5. The maximum atomic E-state index is 12.8. The van der Waals surface area contributed by atoms with Gasteiger partial charge >= 0.3 is 0 Å². The van der Waals surface area contributed by atoms with Crippen molar-refractivity contribution in [1.82, 2.24) is 15.2 Å². The van der Waals surface area contributed by atoms with E-state index in [4.69, 9.17) is 0 Å². The number of carbonyl (C=O) groups is 1. The molecule has 28 heavy (non-hydrogen) atoms. The van der Waals surface area contributed by atoms with Gasteiger partial charge in [-0.25, -0.2) is 0 Å². The van der Waals surface area contributed by atoms with Crippen molar-refractivity contribution >= 4 is 5.91 Å². The first-order valence-corrected chi connectivity index (χ1v) is 10.4. The SMILES string of the molecule is O=C(c1ccc(CC2CCNC2)cc1)N1CCC(Cc2ccc(=O)[nH]c2)CC1. The molecule has 1 aromatic heterocycles. The lowest BCUT2D eigenvalue weighted by Gasteiger charge is -2.32. The highest BCUT2D eigenvalue weighted by Crippen LogP contribution is 2.23. The summed E-state index contributed by atoms with van der Waals surface area (Å²) in [6.07, 6.45) is 7.13. The molecule has 1 unspecified atom stereocenters. The van der Waals surface area contributed by atoms with E-state index in [1.807, 2.05) is 29.3 Å². The molecule has 0 spiro atoms. The Kier molecular flexibility index (Phi) is 5.91. The topological polar surface area (TPSA) is 65.2 Å². The Morgan fingerprint density at radius 1 is 0.929 bits per heavy atom. The zero-order valence-corrected chi connectivity index (χ0v) is 16.3. The van der Waals surface area contributed by atoms with E-state index in [2.05, 4.69) is 22.4 Å². The highest BCUT2D eigenvalue weighted by atomic mass is 16.2. The van der Waals surface area contributed by atoms with Crippen molar-refractivity contribution in [3.8, 4) is 0 Å². The standard InChI is InChI=1S/C23H29N3O2/c27-22-6-3-19(16-25-22)14-18-8-11-26(12-9-18)23(28)21-4-1-17(2-5-21)13-20-7-10-24-15-20/h1-6,16,18,20,24H,7-15H2,(H,25,27). The van der Waals surface area contributed by atoms with Gasteiger partial charge in [-0.2, -0.15) is 0 Å². The molecule has 0 saturated carbocycles. The summed E-state index contributed by atoms with van der Waals surface area (Å²) in [5.41, 5.74) is 3.23. The number of amides is 1. The molecule has 1 aromatic carbocycles. The Morgan fingerprint density at radius 2 is 1.64 bits per heavy atom. The van der Waals surface area contributed by atoms with E-state index in [1.54, 1.807) is 6.07 Å². The Bertz CT molecular complexity index is 824. The number of pyridine rings is 1. The van der Waals surface area contributed by atoms with E-state index < -0.39 is 0 Å². The molecule has 2 aromatic rings. The van der Waals surface area contributed by atoms with Gasteiger partial charge < -0.3 is 15.2 Å². The lowest BCUT2D eigenvalue weighted by molar-refractivity contribution is 0.0690. The summed E-state index contributed by atoms with van der Waals surface area (Å²) in [6.45, 7) is 3.85. The number of piperidine rings is 1. The van der Waals surface area contributed by atoms with Crippen LogP contribution in [0.1, 0.15) is 40.7 Å². The van der Waals surface area contributed by atoms with Gasteiger partial charge in [-0.3, -0.25) is 9.59 Å². The van der Waals surface area contributed by atoms with Crippen molar-refractivity contribution in [2.75, 3.05) is 26.2 Å². The van der Waals surface area contributed by atoms with E-state index in [0.717, 1.165) is 68.9 Å². The molecule has 4 rings (SSSR count). The summed E-state index contributed by atoms with van der Waals surface area (Å²) in [6, 6.07) is 11.7. The molecule has 1 amide bonds. The van der Waals surface area contributed by atoms with Crippen molar-refractivity contribution in [2.45, 2.75) is 32.1 Å². The molecule has 2 fully saturated rings. The molecule has 5 heteroatoms. The largest absolute Gasteiger partial charge is 0.339 e. The van der Waals surface area contributed by atoms with Crippen LogP contribution in [0, 0.1) is 11.8 Å². The number of nitrogens with one attached hydrogen (secondary N) is 2. The number of hydrogen-bond acceptors (Lipinski definition) is 3. The van der Waals surface area contributed by atoms with Gasteiger partial charge in [0.2, 0.25) is 5.56 Å². The smallest absolute Gasteiger partial charge is 0.253 e. The fourth-order valence-electron chi connectivity index (χ4n) is 4.43. The number of carbonyl (C=O) groups excluding carboxylic acids is 1. The lowest BCUT2D eigenvalue weighted by atomic mass is 9.90. The van der Waals surface area contributed by atoms with Gasteiger partial charge in [0.25, 0.3) is 5.91 Å². The summed E-state index contributed by atoms with van der Waals surface area (Å²) in [7, 11) is 0. The van der Waals surface area contributed by atoms with Crippen LogP contribution in [-0.4, -0.2) is 42.0 Å². The van der Waals surface area contributed by atoms with E-state index >= 15 is 0 Å². The molecule has 2 saturated heterocycles. The van der Waals surface area contributed by atoms with Crippen LogP contribution in [0.3, 0.4) is 0 Å². The molecule has 0 radical (unpaired) electrons. The fourth-order valence-corrected chi connectivity index (χ4v) is 4.43. The van der Waals surface area contributed by atoms with E-state index in [9.17, 15) is 9.59 Å². The Hall–Kier alpha value is -2.40. The second kappa shape index (κ2) is 8.74. The third-order valence-corrected chi connectivity index (χ3v) is 6.16. The lowest BCUT2D eigenvalue weighted by Crippen LogP contribution is -2.38. The van der Waals surface area contributed by atoms with Crippen molar-refractivity contribution in [1.29, 1.82) is 0 Å². The monoisotopic (exact) mass is 379 g/mol. The molecule has 2 aliphatic heterocycles. The first-order chi connectivity index (χ1) is 13.7. The number of benzene rings is 1. The minimum atomic E-state index is -0.0601. The van der Waals surface area contributed by atoms with Crippen LogP contribution < -0.4 is 10.9 Å². The first-order valence-electron chi connectivity index (χ1n) is 10.4. The number of hydrogen-bond donors (Lipinski definition) is 2. The summed E-state index contributed by atoms with van der Waals surface area (Å²) in [5, 5.41) is 3.41. The Balaban J connectivity index is 1.28. The molecule has 0 bridgehead atoms. The number of aromatic nitrogens is 1. The van der Waals surface area contributed by atoms with E-state index in [1.165, 1.54) is 12.0 Å². The van der Waals surface area contributed by atoms with Crippen molar-refractivity contribution < 1.29 is 4.79 Å². The van der Waals surface area contributed by atoms with Crippen LogP contribution in [0.25, 0.3) is 0 Å². The molecule has 148 valence electrons. The quantitative estimate of drug-likeness (QED) is 0.839. The molecule has 0 aliphatic carbocycles. The third kappa shape index (κ3) is 4.71. The van der Waals surface area contributed by atoms with Gasteiger partial charge in [0, 0.05) is 30.9 Å². The molecule has 3 heterocycles. The second-order valence-electron chi connectivity index (χ2n) is 8.26. The average Bonchev–Trinajstić information content (AvgIpc) is 3.23. The van der Waals surface area contributed by atoms with Crippen LogP contribution in [0.15, 0.2) is 47.4 Å². The van der Waals surface area contributed by atoms with Crippen LogP contribution in [0.2, 0.25) is 0 Å². The number of H-pyrrole nitrogens is 1. The molecule has 2 aliphatic rings. The van der Waals surface area contributed by atoms with Crippen LogP contribution >= 0.6 is 0 Å². The molecule has 2 N–H and O–H groups in total. The highest BCUT2D eigenvalue weighted by Gasteiger charge is 2.24. The average molecular weight is 380 g/mol. The Morgan fingerprint density at radius 3 is 2.29 bits per heavy atom. The third-order valence-electron chi connectivity index (χ3n) is 6.16. The predicted octanol–water partition coefficient (Wildman–Crippen LogP) is 2.62. The minimum absolute atomic E-state index is 0.0601.